The molecule has 0 heterocycles. The van der Waals surface area contributed by atoms with Gasteiger partial charge in [-0.1, -0.05) is 26.7 Å². The lowest BCUT2D eigenvalue weighted by molar-refractivity contribution is -0.150. The third-order valence-electron chi connectivity index (χ3n) is 4.86. The summed E-state index contributed by atoms with van der Waals surface area (Å²) in [4.78, 5) is 36.1. The lowest BCUT2D eigenvalue weighted by atomic mass is 10.1. The van der Waals surface area contributed by atoms with Crippen LogP contribution in [0, 0.1) is 5.92 Å². The Morgan fingerprint density at radius 1 is 1.10 bits per heavy atom. The molecule has 31 heavy (non-hydrogen) atoms. The number of urea groups is 1. The first-order valence-corrected chi connectivity index (χ1v) is 11.5. The number of ether oxygens (including phenoxy) is 2. The van der Waals surface area contributed by atoms with Gasteiger partial charge in [0.15, 0.2) is 6.61 Å². The number of methoxy groups -OCH3 is 1. The number of carbonyl (C=O) groups excluding carboxylic acids is 3. The number of sulfonamides is 1. The van der Waals surface area contributed by atoms with E-state index in [9.17, 15) is 22.8 Å². The Hall–Kier alpha value is -2.66. The number of esters is 1. The van der Waals surface area contributed by atoms with Gasteiger partial charge in [-0.2, -0.15) is 4.72 Å². The van der Waals surface area contributed by atoms with Gasteiger partial charge in [0, 0.05) is 6.04 Å². The molecule has 10 nitrogen and oxygen atoms in total. The predicted molar refractivity (Wildman–Crippen MR) is 112 cm³/mol. The first-order chi connectivity index (χ1) is 14.6. The van der Waals surface area contributed by atoms with Crippen molar-refractivity contribution in [2.24, 2.45) is 5.92 Å². The highest BCUT2D eigenvalue weighted by atomic mass is 32.2. The van der Waals surface area contributed by atoms with Crippen molar-refractivity contribution < 1.29 is 32.3 Å². The Balaban J connectivity index is 1.90. The zero-order valence-electron chi connectivity index (χ0n) is 17.8. The van der Waals surface area contributed by atoms with Crippen molar-refractivity contribution in [3.63, 3.8) is 0 Å². The summed E-state index contributed by atoms with van der Waals surface area (Å²) in [5.41, 5.74) is 0. The number of hydrogen-bond acceptors (Lipinski definition) is 7. The van der Waals surface area contributed by atoms with E-state index >= 15 is 0 Å². The van der Waals surface area contributed by atoms with E-state index in [1.807, 2.05) is 0 Å². The summed E-state index contributed by atoms with van der Waals surface area (Å²) in [6.45, 7) is 2.57. The Morgan fingerprint density at radius 2 is 1.71 bits per heavy atom. The molecule has 0 spiro atoms. The molecule has 0 bridgehead atoms. The smallest absolute Gasteiger partial charge is 0.324 e. The van der Waals surface area contributed by atoms with Crippen LogP contribution in [0.15, 0.2) is 29.2 Å². The van der Waals surface area contributed by atoms with Gasteiger partial charge < -0.3 is 14.8 Å². The zero-order valence-corrected chi connectivity index (χ0v) is 18.7. The first kappa shape index (κ1) is 24.6. The Morgan fingerprint density at radius 3 is 2.26 bits per heavy atom. The van der Waals surface area contributed by atoms with Crippen LogP contribution in [0.5, 0.6) is 5.75 Å². The number of imide groups is 1. The largest absolute Gasteiger partial charge is 0.497 e. The monoisotopic (exact) mass is 455 g/mol. The number of benzene rings is 1. The molecule has 1 aromatic rings. The van der Waals surface area contributed by atoms with E-state index in [1.165, 1.54) is 31.4 Å². The molecule has 0 aliphatic heterocycles. The molecule has 0 saturated heterocycles. The van der Waals surface area contributed by atoms with Crippen LogP contribution in [0.1, 0.15) is 39.5 Å². The van der Waals surface area contributed by atoms with Crippen LogP contribution in [0.2, 0.25) is 0 Å². The van der Waals surface area contributed by atoms with E-state index in [-0.39, 0.29) is 10.9 Å². The van der Waals surface area contributed by atoms with E-state index in [4.69, 9.17) is 9.47 Å². The molecule has 3 amide bonds. The third kappa shape index (κ3) is 7.51. The summed E-state index contributed by atoms with van der Waals surface area (Å²) < 4.78 is 37.5. The average Bonchev–Trinajstić information content (AvgIpc) is 3.23. The minimum absolute atomic E-state index is 0.0352. The molecule has 1 atom stereocenters. The lowest BCUT2D eigenvalue weighted by Crippen LogP contribution is -2.47. The van der Waals surface area contributed by atoms with Gasteiger partial charge in [-0.3, -0.25) is 14.9 Å². The SMILES string of the molecule is COc1ccc(S(=O)(=O)NC(C(=O)OCC(=O)NC(=O)NC2CCCC2)C(C)C)cc1. The van der Waals surface area contributed by atoms with Gasteiger partial charge in [-0.25, -0.2) is 13.2 Å². The second kappa shape index (κ2) is 11.1. The van der Waals surface area contributed by atoms with E-state index in [0.29, 0.717) is 5.75 Å². The molecule has 1 unspecified atom stereocenters. The van der Waals surface area contributed by atoms with Crippen LogP contribution in [-0.4, -0.2) is 52.1 Å². The van der Waals surface area contributed by atoms with Gasteiger partial charge in [0.05, 0.1) is 12.0 Å². The molecule has 1 fully saturated rings. The van der Waals surface area contributed by atoms with Crippen LogP contribution in [0.3, 0.4) is 0 Å². The number of nitrogens with one attached hydrogen (secondary N) is 3. The van der Waals surface area contributed by atoms with E-state index in [0.717, 1.165) is 25.7 Å². The van der Waals surface area contributed by atoms with Crippen LogP contribution >= 0.6 is 0 Å². The molecular weight excluding hydrogens is 426 g/mol. The number of rotatable bonds is 9. The maximum absolute atomic E-state index is 12.6. The van der Waals surface area contributed by atoms with Gasteiger partial charge >= 0.3 is 12.0 Å². The van der Waals surface area contributed by atoms with Crippen molar-refractivity contribution >= 4 is 27.9 Å². The number of hydrogen-bond donors (Lipinski definition) is 3. The molecule has 172 valence electrons. The van der Waals surface area contributed by atoms with Crippen molar-refractivity contribution in [3.05, 3.63) is 24.3 Å². The molecule has 1 aliphatic carbocycles. The summed E-state index contributed by atoms with van der Waals surface area (Å²) in [7, 11) is -2.56. The van der Waals surface area contributed by atoms with Crippen LogP contribution in [-0.2, 0) is 24.3 Å². The molecule has 1 saturated carbocycles. The first-order valence-electron chi connectivity index (χ1n) is 10.1. The maximum Gasteiger partial charge on any atom is 0.324 e. The fourth-order valence-corrected chi connectivity index (χ4v) is 4.46. The summed E-state index contributed by atoms with van der Waals surface area (Å²) in [6.07, 6.45) is 3.78. The van der Waals surface area contributed by atoms with Crippen LogP contribution < -0.4 is 20.1 Å². The van der Waals surface area contributed by atoms with Crippen LogP contribution in [0.25, 0.3) is 0 Å². The molecule has 11 heteroatoms. The van der Waals surface area contributed by atoms with Gasteiger partial charge in [-0.15, -0.1) is 0 Å². The van der Waals surface area contributed by atoms with E-state index in [2.05, 4.69) is 15.4 Å². The van der Waals surface area contributed by atoms with E-state index < -0.39 is 46.5 Å². The van der Waals surface area contributed by atoms with Gasteiger partial charge in [-0.05, 0) is 43.0 Å². The molecule has 2 rings (SSSR count). The molecule has 3 N–H and O–H groups in total. The van der Waals surface area contributed by atoms with Crippen LogP contribution in [0.4, 0.5) is 4.79 Å². The summed E-state index contributed by atoms with van der Waals surface area (Å²) in [6, 6.07) is 3.84. The summed E-state index contributed by atoms with van der Waals surface area (Å²) >= 11 is 0. The fourth-order valence-electron chi connectivity index (χ4n) is 3.13. The Bertz CT molecular complexity index is 879. The quantitative estimate of drug-likeness (QED) is 0.477. The average molecular weight is 456 g/mol. The second-order valence-electron chi connectivity index (χ2n) is 7.63. The van der Waals surface area contributed by atoms with E-state index in [1.54, 1.807) is 13.8 Å². The molecule has 0 radical (unpaired) electrons. The van der Waals surface area contributed by atoms with Crippen molar-refractivity contribution in [1.82, 2.24) is 15.4 Å². The standard InChI is InChI=1S/C20H29N3O7S/c1-13(2)18(23-31(27,28)16-10-8-15(29-3)9-11-16)19(25)30-12-17(24)22-20(26)21-14-6-4-5-7-14/h8-11,13-14,18,23H,4-7,12H2,1-3H3,(H2,21,22,24,26). The van der Waals surface area contributed by atoms with Gasteiger partial charge in [0.2, 0.25) is 10.0 Å². The highest BCUT2D eigenvalue weighted by Crippen LogP contribution is 2.18. The number of carbonyl (C=O) groups is 3. The minimum atomic E-state index is -4.02. The topological polar surface area (TPSA) is 140 Å². The van der Waals surface area contributed by atoms with Gasteiger partial charge in [0.1, 0.15) is 11.8 Å². The van der Waals surface area contributed by atoms with Crippen molar-refractivity contribution in [2.75, 3.05) is 13.7 Å². The lowest BCUT2D eigenvalue weighted by Gasteiger charge is -2.21. The highest BCUT2D eigenvalue weighted by Gasteiger charge is 2.30. The highest BCUT2D eigenvalue weighted by molar-refractivity contribution is 7.89. The molecule has 1 aromatic carbocycles. The normalized spacial score (nSPS) is 15.4. The Kier molecular flexibility index (Phi) is 8.81. The molecule has 1 aliphatic rings. The third-order valence-corrected chi connectivity index (χ3v) is 6.32. The fraction of sp³-hybridized carbons (Fsp3) is 0.550. The van der Waals surface area contributed by atoms with Crippen molar-refractivity contribution in [2.45, 2.75) is 56.5 Å². The van der Waals surface area contributed by atoms with Crippen molar-refractivity contribution in [1.29, 1.82) is 0 Å². The zero-order chi connectivity index (χ0) is 23.0. The molecular formula is C20H29N3O7S. The minimum Gasteiger partial charge on any atom is -0.497 e. The number of amides is 3. The maximum atomic E-state index is 12.6. The second-order valence-corrected chi connectivity index (χ2v) is 9.34. The Labute approximate surface area is 182 Å². The summed E-state index contributed by atoms with van der Waals surface area (Å²) in [5, 5.41) is 4.78. The molecule has 0 aromatic heterocycles. The summed E-state index contributed by atoms with van der Waals surface area (Å²) in [5.74, 6) is -1.68. The van der Waals surface area contributed by atoms with Crippen molar-refractivity contribution in [3.8, 4) is 5.75 Å². The predicted octanol–water partition coefficient (Wildman–Crippen LogP) is 1.31. The van der Waals surface area contributed by atoms with Gasteiger partial charge in [0.25, 0.3) is 5.91 Å².